The fourth-order valence-electron chi connectivity index (χ4n) is 2.75. The van der Waals surface area contributed by atoms with E-state index in [4.69, 9.17) is 9.47 Å². The Balaban J connectivity index is 2.00. The van der Waals surface area contributed by atoms with Gasteiger partial charge in [0.25, 0.3) is 0 Å². The number of nitrogens with one attached hydrogen (secondary N) is 1. The van der Waals surface area contributed by atoms with E-state index >= 15 is 0 Å². The molecule has 0 amide bonds. The van der Waals surface area contributed by atoms with Gasteiger partial charge < -0.3 is 14.8 Å². The number of methoxy groups -OCH3 is 1. The third-order valence-electron chi connectivity index (χ3n) is 3.85. The van der Waals surface area contributed by atoms with Crippen LogP contribution in [0.25, 0.3) is 0 Å². The number of aromatic nitrogens is 2. The van der Waals surface area contributed by atoms with Gasteiger partial charge in [-0.05, 0) is 12.8 Å². The van der Waals surface area contributed by atoms with Gasteiger partial charge in [-0.15, -0.1) is 0 Å². The van der Waals surface area contributed by atoms with Crippen LogP contribution < -0.4 is 5.32 Å². The Kier molecular flexibility index (Phi) is 3.93. The Morgan fingerprint density at radius 1 is 1.45 bits per heavy atom. The zero-order chi connectivity index (χ0) is 13.9. The molecular formula is C14H19N3O3. The standard InChI is InChI=1S/C14H19N3O3/c1-19-14(18)12-10-7-15-5-4-11(10)16-13(17-12)9-3-2-6-20-8-9/h9,15H,2-8H2,1H3. The van der Waals surface area contributed by atoms with Crippen molar-refractivity contribution in [1.29, 1.82) is 0 Å². The van der Waals surface area contributed by atoms with Crippen LogP contribution in [-0.4, -0.2) is 42.8 Å². The molecule has 1 N–H and O–H groups in total. The van der Waals surface area contributed by atoms with E-state index < -0.39 is 0 Å². The van der Waals surface area contributed by atoms with E-state index in [0.29, 0.717) is 18.8 Å². The molecule has 0 saturated carbocycles. The minimum atomic E-state index is -0.384. The Morgan fingerprint density at radius 3 is 3.10 bits per heavy atom. The van der Waals surface area contributed by atoms with Crippen molar-refractivity contribution in [3.05, 3.63) is 22.8 Å². The molecule has 3 heterocycles. The summed E-state index contributed by atoms with van der Waals surface area (Å²) in [6, 6.07) is 0. The Morgan fingerprint density at radius 2 is 2.35 bits per heavy atom. The first kappa shape index (κ1) is 13.5. The Bertz CT molecular complexity index is 513. The molecule has 0 bridgehead atoms. The molecular weight excluding hydrogens is 258 g/mol. The molecule has 0 spiro atoms. The fraction of sp³-hybridized carbons (Fsp3) is 0.643. The lowest BCUT2D eigenvalue weighted by Gasteiger charge is -2.24. The van der Waals surface area contributed by atoms with Crippen LogP contribution in [0.15, 0.2) is 0 Å². The Hall–Kier alpha value is -1.53. The van der Waals surface area contributed by atoms with Crippen LogP contribution in [0.5, 0.6) is 0 Å². The number of esters is 1. The number of hydrogen-bond donors (Lipinski definition) is 1. The summed E-state index contributed by atoms with van der Waals surface area (Å²) in [5.41, 5.74) is 2.26. The monoisotopic (exact) mass is 277 g/mol. The zero-order valence-corrected chi connectivity index (χ0v) is 11.6. The quantitative estimate of drug-likeness (QED) is 0.806. The number of ether oxygens (including phenoxy) is 2. The first-order valence-corrected chi connectivity index (χ1v) is 7.06. The largest absolute Gasteiger partial charge is 0.464 e. The van der Waals surface area contributed by atoms with Gasteiger partial charge in [-0.25, -0.2) is 14.8 Å². The van der Waals surface area contributed by atoms with Gasteiger partial charge in [0.2, 0.25) is 0 Å². The SMILES string of the molecule is COC(=O)c1nc(C2CCCOC2)nc2c1CNCC2. The van der Waals surface area contributed by atoms with Crippen LogP contribution in [0.1, 0.15) is 46.3 Å². The second kappa shape index (κ2) is 5.85. The van der Waals surface area contributed by atoms with Crippen LogP contribution in [0.3, 0.4) is 0 Å². The molecule has 0 aromatic carbocycles. The molecule has 2 aliphatic heterocycles. The van der Waals surface area contributed by atoms with Crippen molar-refractivity contribution in [2.75, 3.05) is 26.9 Å². The third-order valence-corrected chi connectivity index (χ3v) is 3.85. The minimum absolute atomic E-state index is 0.187. The lowest BCUT2D eigenvalue weighted by molar-refractivity contribution is 0.0587. The van der Waals surface area contributed by atoms with Crippen LogP contribution in [0.2, 0.25) is 0 Å². The van der Waals surface area contributed by atoms with Crippen molar-refractivity contribution >= 4 is 5.97 Å². The number of carbonyl (C=O) groups excluding carboxylic acids is 1. The van der Waals surface area contributed by atoms with Crippen molar-refractivity contribution in [1.82, 2.24) is 15.3 Å². The number of rotatable bonds is 2. The summed E-state index contributed by atoms with van der Waals surface area (Å²) in [5.74, 6) is 0.531. The van der Waals surface area contributed by atoms with E-state index in [1.54, 1.807) is 0 Å². The molecule has 1 unspecified atom stereocenters. The topological polar surface area (TPSA) is 73.3 Å². The summed E-state index contributed by atoms with van der Waals surface area (Å²) < 4.78 is 10.4. The summed E-state index contributed by atoms with van der Waals surface area (Å²) in [7, 11) is 1.39. The summed E-state index contributed by atoms with van der Waals surface area (Å²) in [6.45, 7) is 2.94. The van der Waals surface area contributed by atoms with Crippen molar-refractivity contribution in [2.45, 2.75) is 31.7 Å². The van der Waals surface area contributed by atoms with Gasteiger partial charge >= 0.3 is 5.97 Å². The molecule has 6 heteroatoms. The predicted octanol–water partition coefficient (Wildman–Crippen LogP) is 0.803. The van der Waals surface area contributed by atoms with Crippen LogP contribution in [0.4, 0.5) is 0 Å². The molecule has 1 aromatic heterocycles. The lowest BCUT2D eigenvalue weighted by Crippen LogP contribution is -2.30. The van der Waals surface area contributed by atoms with Gasteiger partial charge in [-0.1, -0.05) is 0 Å². The van der Waals surface area contributed by atoms with Gasteiger partial charge in [0.05, 0.1) is 19.4 Å². The first-order chi connectivity index (χ1) is 9.79. The minimum Gasteiger partial charge on any atom is -0.464 e. The lowest BCUT2D eigenvalue weighted by atomic mass is 9.99. The molecule has 1 saturated heterocycles. The number of hydrogen-bond acceptors (Lipinski definition) is 6. The number of fused-ring (bicyclic) bond motifs is 1. The average Bonchev–Trinajstić information content (AvgIpc) is 2.54. The normalized spacial score (nSPS) is 22.1. The third kappa shape index (κ3) is 2.53. The molecule has 20 heavy (non-hydrogen) atoms. The smallest absolute Gasteiger partial charge is 0.357 e. The van der Waals surface area contributed by atoms with E-state index in [9.17, 15) is 4.79 Å². The molecule has 1 atom stereocenters. The fourth-order valence-corrected chi connectivity index (χ4v) is 2.75. The maximum atomic E-state index is 11.9. The van der Waals surface area contributed by atoms with Gasteiger partial charge in [-0.2, -0.15) is 0 Å². The zero-order valence-electron chi connectivity index (χ0n) is 11.6. The second-order valence-electron chi connectivity index (χ2n) is 5.19. The van der Waals surface area contributed by atoms with Gasteiger partial charge in [0.15, 0.2) is 5.69 Å². The van der Waals surface area contributed by atoms with Crippen molar-refractivity contribution in [3.63, 3.8) is 0 Å². The Labute approximate surface area is 117 Å². The average molecular weight is 277 g/mol. The highest BCUT2D eigenvalue weighted by Crippen LogP contribution is 2.25. The highest BCUT2D eigenvalue weighted by molar-refractivity contribution is 5.89. The maximum absolute atomic E-state index is 11.9. The van der Waals surface area contributed by atoms with E-state index in [1.807, 2.05) is 0 Å². The highest BCUT2D eigenvalue weighted by Gasteiger charge is 2.26. The summed E-state index contributed by atoms with van der Waals surface area (Å²) >= 11 is 0. The van der Waals surface area contributed by atoms with E-state index in [0.717, 1.165) is 49.5 Å². The van der Waals surface area contributed by atoms with Gasteiger partial charge in [0, 0.05) is 37.6 Å². The van der Waals surface area contributed by atoms with Gasteiger partial charge in [0.1, 0.15) is 5.82 Å². The van der Waals surface area contributed by atoms with Crippen molar-refractivity contribution in [2.24, 2.45) is 0 Å². The molecule has 0 radical (unpaired) electrons. The van der Waals surface area contributed by atoms with Crippen molar-refractivity contribution in [3.8, 4) is 0 Å². The summed E-state index contributed by atoms with van der Waals surface area (Å²) in [4.78, 5) is 21.1. The van der Waals surface area contributed by atoms with E-state index in [2.05, 4.69) is 15.3 Å². The molecule has 108 valence electrons. The molecule has 2 aliphatic rings. The predicted molar refractivity (Wildman–Crippen MR) is 71.6 cm³/mol. The number of nitrogens with zero attached hydrogens (tertiary/aromatic N) is 2. The van der Waals surface area contributed by atoms with E-state index in [-0.39, 0.29) is 11.9 Å². The molecule has 0 aliphatic carbocycles. The van der Waals surface area contributed by atoms with E-state index in [1.165, 1.54) is 7.11 Å². The highest BCUT2D eigenvalue weighted by atomic mass is 16.5. The first-order valence-electron chi connectivity index (χ1n) is 7.06. The maximum Gasteiger partial charge on any atom is 0.357 e. The summed E-state index contributed by atoms with van der Waals surface area (Å²) in [5, 5.41) is 3.25. The van der Waals surface area contributed by atoms with Crippen LogP contribution >= 0.6 is 0 Å². The molecule has 1 aromatic rings. The number of carbonyl (C=O) groups is 1. The summed E-state index contributed by atoms with van der Waals surface area (Å²) in [6.07, 6.45) is 2.85. The molecule has 3 rings (SSSR count). The second-order valence-corrected chi connectivity index (χ2v) is 5.19. The van der Waals surface area contributed by atoms with Crippen LogP contribution in [0, 0.1) is 0 Å². The molecule has 1 fully saturated rings. The van der Waals surface area contributed by atoms with Gasteiger partial charge in [-0.3, -0.25) is 0 Å². The van der Waals surface area contributed by atoms with Crippen LogP contribution in [-0.2, 0) is 22.4 Å². The molecule has 6 nitrogen and oxygen atoms in total. The van der Waals surface area contributed by atoms with Crippen molar-refractivity contribution < 1.29 is 14.3 Å².